The van der Waals surface area contributed by atoms with Gasteiger partial charge in [0.1, 0.15) is 0 Å². The molecule has 0 amide bonds. The molecule has 0 heterocycles. The number of rotatable bonds is 2. The smallest absolute Gasteiger partial charge is 0.0692 e. The summed E-state index contributed by atoms with van der Waals surface area (Å²) in [4.78, 5) is 0. The van der Waals surface area contributed by atoms with Crippen molar-refractivity contribution < 1.29 is 0 Å². The van der Waals surface area contributed by atoms with Crippen LogP contribution < -0.4 is 0 Å². The first kappa shape index (κ1) is 12.9. The summed E-state index contributed by atoms with van der Waals surface area (Å²) in [6, 6.07) is 2.75. The van der Waals surface area contributed by atoms with E-state index in [0.29, 0.717) is 5.92 Å². The molecule has 0 saturated heterocycles. The number of nitriles is 1. The molecule has 1 heteroatoms. The molecule has 0 N–H and O–H groups in total. The van der Waals surface area contributed by atoms with Crippen molar-refractivity contribution in [3.63, 3.8) is 0 Å². The summed E-state index contributed by atoms with van der Waals surface area (Å²) in [6.45, 7) is 4.65. The predicted molar refractivity (Wildman–Crippen MR) is 71.4 cm³/mol. The second kappa shape index (κ2) is 5.42. The van der Waals surface area contributed by atoms with Crippen molar-refractivity contribution in [1.82, 2.24) is 0 Å². The molecular formula is C16H27N. The zero-order valence-electron chi connectivity index (χ0n) is 11.5. The second-order valence-corrected chi connectivity index (χ2v) is 6.60. The molecule has 2 fully saturated rings. The average Bonchev–Trinajstić information content (AvgIpc) is 2.38. The van der Waals surface area contributed by atoms with Gasteiger partial charge in [-0.25, -0.2) is 0 Å². The molecule has 0 aromatic rings. The molecule has 0 aromatic carbocycles. The Bertz CT molecular complexity index is 282. The Balaban J connectivity index is 2.01. The van der Waals surface area contributed by atoms with E-state index in [2.05, 4.69) is 19.9 Å². The minimum Gasteiger partial charge on any atom is -0.198 e. The minimum atomic E-state index is 0.0520. The first-order valence-corrected chi connectivity index (χ1v) is 7.61. The van der Waals surface area contributed by atoms with Gasteiger partial charge >= 0.3 is 0 Å². The molecular weight excluding hydrogens is 206 g/mol. The van der Waals surface area contributed by atoms with E-state index in [0.717, 1.165) is 11.8 Å². The maximum absolute atomic E-state index is 9.68. The lowest BCUT2D eigenvalue weighted by Crippen LogP contribution is -2.36. The van der Waals surface area contributed by atoms with Gasteiger partial charge < -0.3 is 0 Å². The first-order chi connectivity index (χ1) is 8.20. The zero-order chi connectivity index (χ0) is 12.3. The maximum Gasteiger partial charge on any atom is 0.0692 e. The van der Waals surface area contributed by atoms with Gasteiger partial charge in [0.25, 0.3) is 0 Å². The molecule has 2 aliphatic carbocycles. The van der Waals surface area contributed by atoms with Crippen LogP contribution in [0, 0.1) is 34.5 Å². The van der Waals surface area contributed by atoms with Crippen LogP contribution in [0.5, 0.6) is 0 Å². The van der Waals surface area contributed by atoms with Gasteiger partial charge in [-0.05, 0) is 43.4 Å². The summed E-state index contributed by atoms with van der Waals surface area (Å²) in [6.07, 6.45) is 11.7. The van der Waals surface area contributed by atoms with E-state index >= 15 is 0 Å². The lowest BCUT2D eigenvalue weighted by molar-refractivity contribution is 0.0852. The minimum absolute atomic E-state index is 0.0520. The summed E-state index contributed by atoms with van der Waals surface area (Å²) >= 11 is 0. The first-order valence-electron chi connectivity index (χ1n) is 7.61. The highest BCUT2D eigenvalue weighted by atomic mass is 14.5. The van der Waals surface area contributed by atoms with Crippen LogP contribution in [0.2, 0.25) is 0 Å². The van der Waals surface area contributed by atoms with Crippen molar-refractivity contribution in [2.75, 3.05) is 0 Å². The van der Waals surface area contributed by atoms with Crippen LogP contribution in [0.1, 0.15) is 71.6 Å². The van der Waals surface area contributed by atoms with Gasteiger partial charge in [-0.3, -0.25) is 0 Å². The summed E-state index contributed by atoms with van der Waals surface area (Å²) in [7, 11) is 0. The van der Waals surface area contributed by atoms with Crippen molar-refractivity contribution >= 4 is 0 Å². The average molecular weight is 233 g/mol. The topological polar surface area (TPSA) is 23.8 Å². The number of nitrogens with zero attached hydrogens (tertiary/aromatic N) is 1. The molecule has 0 radical (unpaired) electrons. The van der Waals surface area contributed by atoms with E-state index in [1.807, 2.05) is 0 Å². The van der Waals surface area contributed by atoms with Gasteiger partial charge in [0.2, 0.25) is 0 Å². The molecule has 0 aromatic heterocycles. The molecule has 17 heavy (non-hydrogen) atoms. The molecule has 0 bridgehead atoms. The SMILES string of the molecule is CCC1CCC(C2(C#N)CCCC(C)C2)CC1. The Morgan fingerprint density at radius 2 is 1.88 bits per heavy atom. The van der Waals surface area contributed by atoms with Crippen molar-refractivity contribution in [2.24, 2.45) is 23.2 Å². The number of hydrogen-bond acceptors (Lipinski definition) is 1. The van der Waals surface area contributed by atoms with E-state index < -0.39 is 0 Å². The molecule has 0 spiro atoms. The highest BCUT2D eigenvalue weighted by molar-refractivity contribution is 5.06. The number of hydrogen-bond donors (Lipinski definition) is 0. The lowest BCUT2D eigenvalue weighted by Gasteiger charge is -2.43. The molecule has 2 saturated carbocycles. The Labute approximate surface area is 107 Å². The quantitative estimate of drug-likeness (QED) is 0.664. The fourth-order valence-electron chi connectivity index (χ4n) is 4.28. The van der Waals surface area contributed by atoms with Crippen molar-refractivity contribution in [3.05, 3.63) is 0 Å². The molecule has 96 valence electrons. The fraction of sp³-hybridized carbons (Fsp3) is 0.938. The lowest BCUT2D eigenvalue weighted by atomic mass is 9.59. The van der Waals surface area contributed by atoms with Crippen LogP contribution in [0.25, 0.3) is 0 Å². The molecule has 1 nitrogen and oxygen atoms in total. The van der Waals surface area contributed by atoms with Gasteiger partial charge in [0.15, 0.2) is 0 Å². The van der Waals surface area contributed by atoms with Crippen LogP contribution in [-0.2, 0) is 0 Å². The van der Waals surface area contributed by atoms with Gasteiger partial charge in [0.05, 0.1) is 11.5 Å². The highest BCUT2D eigenvalue weighted by Gasteiger charge is 2.43. The van der Waals surface area contributed by atoms with Crippen molar-refractivity contribution in [3.8, 4) is 6.07 Å². The normalized spacial score (nSPS) is 43.0. The van der Waals surface area contributed by atoms with Crippen molar-refractivity contribution in [2.45, 2.75) is 71.6 Å². The van der Waals surface area contributed by atoms with E-state index in [-0.39, 0.29) is 5.41 Å². The standard InChI is InChI=1S/C16H27N/c1-3-14-6-8-15(9-7-14)16(12-17)10-4-5-13(2)11-16/h13-15H,3-11H2,1-2H3. The van der Waals surface area contributed by atoms with Gasteiger partial charge in [-0.15, -0.1) is 0 Å². The molecule has 2 aliphatic rings. The van der Waals surface area contributed by atoms with E-state index in [1.165, 1.54) is 57.8 Å². The van der Waals surface area contributed by atoms with Gasteiger partial charge in [0, 0.05) is 0 Å². The third kappa shape index (κ3) is 2.67. The summed E-state index contributed by atoms with van der Waals surface area (Å²) in [5, 5.41) is 9.68. The highest BCUT2D eigenvalue weighted by Crippen LogP contribution is 2.50. The van der Waals surface area contributed by atoms with E-state index in [1.54, 1.807) is 0 Å². The Morgan fingerprint density at radius 1 is 1.18 bits per heavy atom. The van der Waals surface area contributed by atoms with Gasteiger partial charge in [-0.2, -0.15) is 5.26 Å². The second-order valence-electron chi connectivity index (χ2n) is 6.60. The van der Waals surface area contributed by atoms with Crippen LogP contribution in [0.4, 0.5) is 0 Å². The fourth-order valence-corrected chi connectivity index (χ4v) is 4.28. The zero-order valence-corrected chi connectivity index (χ0v) is 11.5. The largest absolute Gasteiger partial charge is 0.198 e. The molecule has 2 atom stereocenters. The van der Waals surface area contributed by atoms with Gasteiger partial charge in [-0.1, -0.05) is 46.0 Å². The third-order valence-electron chi connectivity index (χ3n) is 5.46. The van der Waals surface area contributed by atoms with Crippen LogP contribution in [0.3, 0.4) is 0 Å². The summed E-state index contributed by atoms with van der Waals surface area (Å²) < 4.78 is 0. The van der Waals surface area contributed by atoms with E-state index in [4.69, 9.17) is 0 Å². The van der Waals surface area contributed by atoms with E-state index in [9.17, 15) is 5.26 Å². The molecule has 2 unspecified atom stereocenters. The predicted octanol–water partition coefficient (Wildman–Crippen LogP) is 4.92. The molecule has 2 rings (SSSR count). The van der Waals surface area contributed by atoms with Crippen LogP contribution >= 0.6 is 0 Å². The van der Waals surface area contributed by atoms with Crippen LogP contribution in [0.15, 0.2) is 0 Å². The third-order valence-corrected chi connectivity index (χ3v) is 5.46. The Hall–Kier alpha value is -0.510. The maximum atomic E-state index is 9.68. The Kier molecular flexibility index (Phi) is 4.13. The monoisotopic (exact) mass is 233 g/mol. The van der Waals surface area contributed by atoms with Crippen LogP contribution in [-0.4, -0.2) is 0 Å². The van der Waals surface area contributed by atoms with Crippen molar-refractivity contribution in [1.29, 1.82) is 5.26 Å². The Morgan fingerprint density at radius 3 is 2.41 bits per heavy atom. The molecule has 0 aliphatic heterocycles. The summed E-state index contributed by atoms with van der Waals surface area (Å²) in [5.74, 6) is 2.42. The summed E-state index contributed by atoms with van der Waals surface area (Å²) in [5.41, 5.74) is 0.0520.